The maximum absolute atomic E-state index is 13.7. The maximum Gasteiger partial charge on any atom is 0.268 e. The Kier molecular flexibility index (Phi) is 4.98. The highest BCUT2D eigenvalue weighted by Gasteiger charge is 2.51. The molecule has 0 aliphatic carbocycles. The van der Waals surface area contributed by atoms with Gasteiger partial charge in [0, 0.05) is 42.9 Å². The van der Waals surface area contributed by atoms with Crippen molar-refractivity contribution in [2.75, 3.05) is 16.8 Å². The van der Waals surface area contributed by atoms with Crippen LogP contribution in [0.2, 0.25) is 0 Å². The van der Waals surface area contributed by atoms with Gasteiger partial charge in [0.2, 0.25) is 11.5 Å². The standard InChI is InChI=1S/C21H19F2N3O4/c22-15-2-1-3-16(23)14(15)11-24-19(28)21(30)8-9-26(20(21)29)13-5-6-17-12(10-13)4-7-18(27)25-17/h1-3,5-6,10,30H,4,7-9,11H2,(H,24,28)(H,25,27). The van der Waals surface area contributed by atoms with E-state index in [-0.39, 0.29) is 24.4 Å². The van der Waals surface area contributed by atoms with E-state index >= 15 is 0 Å². The van der Waals surface area contributed by atoms with Crippen LogP contribution in [-0.2, 0) is 27.3 Å². The molecule has 4 rings (SSSR count). The Morgan fingerprint density at radius 2 is 1.90 bits per heavy atom. The number of hydrogen-bond donors (Lipinski definition) is 3. The van der Waals surface area contributed by atoms with Crippen molar-refractivity contribution < 1.29 is 28.3 Å². The fraction of sp³-hybridized carbons (Fsp3) is 0.286. The van der Waals surface area contributed by atoms with Gasteiger partial charge in [-0.05, 0) is 42.3 Å². The number of rotatable bonds is 4. The van der Waals surface area contributed by atoms with Crippen LogP contribution in [-0.4, -0.2) is 35.0 Å². The molecule has 2 aliphatic heterocycles. The summed E-state index contributed by atoms with van der Waals surface area (Å²) in [4.78, 5) is 38.1. The van der Waals surface area contributed by atoms with E-state index in [9.17, 15) is 28.3 Å². The van der Waals surface area contributed by atoms with Crippen LogP contribution in [0.3, 0.4) is 0 Å². The number of nitrogens with one attached hydrogen (secondary N) is 2. The summed E-state index contributed by atoms with van der Waals surface area (Å²) in [6.07, 6.45) is 0.699. The third kappa shape index (κ3) is 3.41. The van der Waals surface area contributed by atoms with Gasteiger partial charge >= 0.3 is 0 Å². The highest BCUT2D eigenvalue weighted by atomic mass is 19.1. The average molecular weight is 415 g/mol. The first-order valence-corrected chi connectivity index (χ1v) is 9.48. The lowest BCUT2D eigenvalue weighted by Crippen LogP contribution is -2.52. The lowest BCUT2D eigenvalue weighted by molar-refractivity contribution is -0.149. The lowest BCUT2D eigenvalue weighted by atomic mass is 10.0. The summed E-state index contributed by atoms with van der Waals surface area (Å²) in [5, 5.41) is 15.7. The monoisotopic (exact) mass is 415 g/mol. The summed E-state index contributed by atoms with van der Waals surface area (Å²) >= 11 is 0. The minimum absolute atomic E-state index is 0.0789. The number of nitrogens with zero attached hydrogens (tertiary/aromatic N) is 1. The zero-order valence-corrected chi connectivity index (χ0v) is 15.9. The SMILES string of the molecule is O=C1CCc2cc(N3CCC(O)(C(=O)NCc4c(F)cccc4F)C3=O)ccc2N1. The Labute approximate surface area is 170 Å². The van der Waals surface area contributed by atoms with E-state index in [1.165, 1.54) is 11.0 Å². The van der Waals surface area contributed by atoms with Crippen LogP contribution < -0.4 is 15.5 Å². The fourth-order valence-electron chi connectivity index (χ4n) is 3.72. The molecule has 0 spiro atoms. The van der Waals surface area contributed by atoms with Crippen LogP contribution in [0, 0.1) is 11.6 Å². The van der Waals surface area contributed by atoms with Crippen molar-refractivity contribution in [3.63, 3.8) is 0 Å². The van der Waals surface area contributed by atoms with Gasteiger partial charge in [0.05, 0.1) is 0 Å². The van der Waals surface area contributed by atoms with Gasteiger partial charge < -0.3 is 20.6 Å². The van der Waals surface area contributed by atoms with Crippen molar-refractivity contribution in [1.29, 1.82) is 0 Å². The van der Waals surface area contributed by atoms with Gasteiger partial charge in [-0.2, -0.15) is 0 Å². The molecule has 1 saturated heterocycles. The number of carbonyl (C=O) groups excluding carboxylic acids is 3. The van der Waals surface area contributed by atoms with Gasteiger partial charge in [0.15, 0.2) is 0 Å². The van der Waals surface area contributed by atoms with Crippen molar-refractivity contribution in [3.8, 4) is 0 Å². The quantitative estimate of drug-likeness (QED) is 0.661. The molecule has 2 aliphatic rings. The van der Waals surface area contributed by atoms with Crippen LogP contribution >= 0.6 is 0 Å². The zero-order valence-electron chi connectivity index (χ0n) is 15.9. The fourth-order valence-corrected chi connectivity index (χ4v) is 3.72. The molecule has 0 saturated carbocycles. The molecule has 2 heterocycles. The molecule has 0 bridgehead atoms. The normalized spacial score (nSPS) is 20.7. The van der Waals surface area contributed by atoms with Gasteiger partial charge in [-0.1, -0.05) is 6.07 Å². The molecule has 0 aromatic heterocycles. The first-order valence-electron chi connectivity index (χ1n) is 9.48. The highest BCUT2D eigenvalue weighted by Crippen LogP contribution is 2.33. The molecule has 9 heteroatoms. The molecule has 7 nitrogen and oxygen atoms in total. The van der Waals surface area contributed by atoms with Crippen molar-refractivity contribution in [3.05, 3.63) is 59.2 Å². The zero-order chi connectivity index (χ0) is 21.5. The van der Waals surface area contributed by atoms with Gasteiger partial charge in [-0.3, -0.25) is 14.4 Å². The number of aryl methyl sites for hydroxylation is 1. The summed E-state index contributed by atoms with van der Waals surface area (Å²) in [5.74, 6) is -3.56. The van der Waals surface area contributed by atoms with E-state index in [0.29, 0.717) is 24.2 Å². The molecule has 3 N–H and O–H groups in total. The van der Waals surface area contributed by atoms with Crippen molar-refractivity contribution in [2.24, 2.45) is 0 Å². The summed E-state index contributed by atoms with van der Waals surface area (Å²) in [6.45, 7) is -0.395. The second kappa shape index (κ2) is 7.49. The molecule has 1 atom stereocenters. The number of benzene rings is 2. The molecule has 2 aromatic rings. The predicted molar refractivity (Wildman–Crippen MR) is 104 cm³/mol. The number of aliphatic hydroxyl groups is 1. The van der Waals surface area contributed by atoms with Crippen LogP contribution in [0.1, 0.15) is 24.0 Å². The van der Waals surface area contributed by atoms with Crippen molar-refractivity contribution >= 4 is 29.1 Å². The van der Waals surface area contributed by atoms with Crippen LogP contribution in [0.5, 0.6) is 0 Å². The molecule has 3 amide bonds. The number of hydrogen-bond acceptors (Lipinski definition) is 4. The lowest BCUT2D eigenvalue weighted by Gasteiger charge is -2.24. The Morgan fingerprint density at radius 1 is 1.17 bits per heavy atom. The van der Waals surface area contributed by atoms with E-state index in [1.807, 2.05) is 0 Å². The van der Waals surface area contributed by atoms with E-state index in [2.05, 4.69) is 10.6 Å². The van der Waals surface area contributed by atoms with Crippen LogP contribution in [0.25, 0.3) is 0 Å². The Morgan fingerprint density at radius 3 is 2.63 bits per heavy atom. The number of halogens is 2. The van der Waals surface area contributed by atoms with E-state index in [1.54, 1.807) is 18.2 Å². The minimum Gasteiger partial charge on any atom is -0.372 e. The number of anilines is 2. The number of fused-ring (bicyclic) bond motifs is 1. The molecule has 2 aromatic carbocycles. The number of amides is 3. The van der Waals surface area contributed by atoms with Crippen LogP contribution in [0.15, 0.2) is 36.4 Å². The first-order chi connectivity index (χ1) is 14.3. The highest BCUT2D eigenvalue weighted by molar-refractivity contribution is 6.16. The largest absolute Gasteiger partial charge is 0.372 e. The Hall–Kier alpha value is -3.33. The summed E-state index contributed by atoms with van der Waals surface area (Å²) in [6, 6.07) is 8.35. The average Bonchev–Trinajstić information content (AvgIpc) is 3.03. The molecule has 30 heavy (non-hydrogen) atoms. The molecule has 1 unspecified atom stereocenters. The molecular weight excluding hydrogens is 396 g/mol. The van der Waals surface area contributed by atoms with Gasteiger partial charge in [0.25, 0.3) is 11.8 Å². The summed E-state index contributed by atoms with van der Waals surface area (Å²) in [5.41, 5.74) is -0.657. The van der Waals surface area contributed by atoms with Crippen molar-refractivity contribution in [2.45, 2.75) is 31.4 Å². The second-order valence-corrected chi connectivity index (χ2v) is 7.34. The van der Waals surface area contributed by atoms with Gasteiger partial charge in [-0.25, -0.2) is 8.78 Å². The van der Waals surface area contributed by atoms with Crippen molar-refractivity contribution in [1.82, 2.24) is 5.32 Å². The first kappa shape index (κ1) is 20.0. The van der Waals surface area contributed by atoms with Crippen LogP contribution in [0.4, 0.5) is 20.2 Å². The van der Waals surface area contributed by atoms with Gasteiger partial charge in [-0.15, -0.1) is 0 Å². The van der Waals surface area contributed by atoms with E-state index in [4.69, 9.17) is 0 Å². The van der Waals surface area contributed by atoms with E-state index in [0.717, 1.165) is 17.7 Å². The minimum atomic E-state index is -2.33. The maximum atomic E-state index is 13.7. The third-order valence-corrected chi connectivity index (χ3v) is 5.46. The summed E-state index contributed by atoms with van der Waals surface area (Å²) < 4.78 is 27.5. The molecule has 156 valence electrons. The molecule has 1 fully saturated rings. The predicted octanol–water partition coefficient (Wildman–Crippen LogP) is 1.63. The number of carbonyl (C=O) groups is 3. The summed E-state index contributed by atoms with van der Waals surface area (Å²) in [7, 11) is 0. The Balaban J connectivity index is 1.49. The van der Waals surface area contributed by atoms with Gasteiger partial charge in [0.1, 0.15) is 11.6 Å². The van der Waals surface area contributed by atoms with E-state index < -0.39 is 35.6 Å². The second-order valence-electron chi connectivity index (χ2n) is 7.34. The topological polar surface area (TPSA) is 98.7 Å². The smallest absolute Gasteiger partial charge is 0.268 e. The molecular formula is C21H19F2N3O4. The molecule has 0 radical (unpaired) electrons. The Bertz CT molecular complexity index is 1040. The third-order valence-electron chi connectivity index (χ3n) is 5.46.